The van der Waals surface area contributed by atoms with Gasteiger partial charge in [-0.1, -0.05) is 36.7 Å². The third kappa shape index (κ3) is 3.22. The molecule has 0 N–H and O–H groups in total. The molecule has 18 heavy (non-hydrogen) atoms. The van der Waals surface area contributed by atoms with Gasteiger partial charge in [0, 0.05) is 35.4 Å². The van der Waals surface area contributed by atoms with Crippen molar-refractivity contribution in [1.82, 2.24) is 9.36 Å². The first-order valence-corrected chi connectivity index (χ1v) is 8.10. The van der Waals surface area contributed by atoms with Gasteiger partial charge >= 0.3 is 0 Å². The summed E-state index contributed by atoms with van der Waals surface area (Å²) in [5.41, 5.74) is 0.0154. The van der Waals surface area contributed by atoms with Crippen molar-refractivity contribution >= 4 is 32.6 Å². The minimum absolute atomic E-state index is 0.0154. The Kier molecular flexibility index (Phi) is 4.29. The summed E-state index contributed by atoms with van der Waals surface area (Å²) < 4.78 is 10.3. The lowest BCUT2D eigenvalue weighted by atomic mass is 9.96. The van der Waals surface area contributed by atoms with Gasteiger partial charge in [-0.2, -0.15) is 4.37 Å². The van der Waals surface area contributed by atoms with E-state index in [0.717, 1.165) is 29.4 Å². The predicted octanol–water partition coefficient (Wildman–Crippen LogP) is 2.82. The number of morpholine rings is 1. The van der Waals surface area contributed by atoms with E-state index < -0.39 is 0 Å². The third-order valence-corrected chi connectivity index (χ3v) is 4.35. The molecular weight excluding hydrogens is 314 g/mol. The number of hydrogen-bond acceptors (Lipinski definition) is 5. The van der Waals surface area contributed by atoms with Gasteiger partial charge in [-0.3, -0.25) is 0 Å². The summed E-state index contributed by atoms with van der Waals surface area (Å²) in [7, 11) is 0. The molecule has 0 amide bonds. The second kappa shape index (κ2) is 5.43. The molecule has 4 nitrogen and oxygen atoms in total. The van der Waals surface area contributed by atoms with E-state index >= 15 is 0 Å². The Morgan fingerprint density at radius 3 is 2.72 bits per heavy atom. The molecule has 1 fully saturated rings. The molecule has 0 saturated carbocycles. The summed E-state index contributed by atoms with van der Waals surface area (Å²) in [5, 5.41) is 1.87. The molecule has 0 spiro atoms. The number of rotatable bonds is 2. The van der Waals surface area contributed by atoms with Crippen LogP contribution in [0.3, 0.4) is 0 Å². The van der Waals surface area contributed by atoms with Gasteiger partial charge in [-0.15, -0.1) is 0 Å². The quantitative estimate of drug-likeness (QED) is 0.780. The van der Waals surface area contributed by atoms with Crippen molar-refractivity contribution in [3.63, 3.8) is 0 Å². The molecule has 2 rings (SSSR count). The molecule has 0 aliphatic carbocycles. The fraction of sp³-hybridized carbons (Fsp3) is 0.833. The van der Waals surface area contributed by atoms with Crippen LogP contribution in [0.25, 0.3) is 0 Å². The number of nitrogens with zero attached hydrogens (tertiary/aromatic N) is 3. The average molecular weight is 334 g/mol. The summed E-state index contributed by atoms with van der Waals surface area (Å²) in [5.74, 6) is 0.928. The van der Waals surface area contributed by atoms with Gasteiger partial charge < -0.3 is 9.64 Å². The van der Waals surface area contributed by atoms with Crippen molar-refractivity contribution in [2.24, 2.45) is 0 Å². The van der Waals surface area contributed by atoms with Crippen LogP contribution < -0.4 is 4.90 Å². The van der Waals surface area contributed by atoms with Crippen LogP contribution in [0.2, 0.25) is 0 Å². The highest BCUT2D eigenvalue weighted by Crippen LogP contribution is 2.27. The van der Waals surface area contributed by atoms with Crippen LogP contribution in [0.15, 0.2) is 0 Å². The van der Waals surface area contributed by atoms with Crippen LogP contribution in [0.1, 0.15) is 33.5 Å². The van der Waals surface area contributed by atoms with Crippen LogP contribution >= 0.6 is 27.5 Å². The molecule has 1 saturated heterocycles. The smallest absolute Gasteiger partial charge is 0.205 e. The van der Waals surface area contributed by atoms with E-state index in [1.54, 1.807) is 0 Å². The second-order valence-electron chi connectivity index (χ2n) is 5.78. The Hall–Kier alpha value is -0.200. The topological polar surface area (TPSA) is 38.2 Å². The van der Waals surface area contributed by atoms with Gasteiger partial charge in [0.1, 0.15) is 5.82 Å². The fourth-order valence-corrected chi connectivity index (χ4v) is 3.17. The van der Waals surface area contributed by atoms with Crippen molar-refractivity contribution in [1.29, 1.82) is 0 Å². The molecule has 2 atom stereocenters. The van der Waals surface area contributed by atoms with Gasteiger partial charge in [0.15, 0.2) is 0 Å². The molecule has 1 aromatic rings. The third-order valence-electron chi connectivity index (χ3n) is 2.86. The average Bonchev–Trinajstić information content (AvgIpc) is 2.77. The zero-order chi connectivity index (χ0) is 13.3. The number of anilines is 1. The maximum absolute atomic E-state index is 5.83. The molecule has 1 aliphatic rings. The molecular formula is C12H20BrN3OS. The van der Waals surface area contributed by atoms with Crippen LogP contribution in [0.4, 0.5) is 5.13 Å². The molecule has 102 valence electrons. The summed E-state index contributed by atoms with van der Waals surface area (Å²) in [6, 6.07) is 0. The second-order valence-corrected chi connectivity index (χ2v) is 7.16. The van der Waals surface area contributed by atoms with Crippen LogP contribution in [0.5, 0.6) is 0 Å². The Morgan fingerprint density at radius 1 is 1.44 bits per heavy atom. The van der Waals surface area contributed by atoms with Crippen LogP contribution in [0, 0.1) is 0 Å². The summed E-state index contributed by atoms with van der Waals surface area (Å²) in [4.78, 5) is 6.96. The van der Waals surface area contributed by atoms with E-state index in [1.807, 2.05) is 0 Å². The van der Waals surface area contributed by atoms with Crippen LogP contribution in [-0.2, 0) is 10.2 Å². The molecule has 0 radical (unpaired) electrons. The monoisotopic (exact) mass is 333 g/mol. The first-order chi connectivity index (χ1) is 8.40. The van der Waals surface area contributed by atoms with Crippen molar-refractivity contribution < 1.29 is 4.74 Å². The highest BCUT2D eigenvalue weighted by Gasteiger charge is 2.28. The molecule has 2 heterocycles. The van der Waals surface area contributed by atoms with E-state index in [0.29, 0.717) is 0 Å². The van der Waals surface area contributed by atoms with E-state index in [9.17, 15) is 0 Å². The van der Waals surface area contributed by atoms with Crippen molar-refractivity contribution in [2.45, 2.75) is 45.3 Å². The standard InChI is InChI=1S/C12H20BrN3OS/c1-8-6-16(7-9(5-13)17-8)11-14-10(15-18-11)12(2,3)4/h8-9H,5-7H2,1-4H3. The summed E-state index contributed by atoms with van der Waals surface area (Å²) >= 11 is 4.98. The molecule has 6 heteroatoms. The fourth-order valence-electron chi connectivity index (χ4n) is 1.94. The number of aromatic nitrogens is 2. The molecule has 1 aliphatic heterocycles. The van der Waals surface area contributed by atoms with E-state index in [4.69, 9.17) is 4.74 Å². The first kappa shape index (κ1) is 14.2. The van der Waals surface area contributed by atoms with Crippen molar-refractivity contribution in [3.8, 4) is 0 Å². The number of ether oxygens (including phenoxy) is 1. The molecule has 2 unspecified atom stereocenters. The van der Waals surface area contributed by atoms with E-state index in [-0.39, 0.29) is 17.6 Å². The molecule has 0 bridgehead atoms. The van der Waals surface area contributed by atoms with Gasteiger partial charge in [0.05, 0.1) is 12.2 Å². The largest absolute Gasteiger partial charge is 0.371 e. The van der Waals surface area contributed by atoms with E-state index in [2.05, 4.69) is 57.9 Å². The Morgan fingerprint density at radius 2 is 2.17 bits per heavy atom. The Balaban J connectivity index is 2.13. The maximum Gasteiger partial charge on any atom is 0.205 e. The lowest BCUT2D eigenvalue weighted by molar-refractivity contribution is -0.00200. The van der Waals surface area contributed by atoms with Crippen molar-refractivity contribution in [2.75, 3.05) is 23.3 Å². The number of alkyl halides is 1. The van der Waals surface area contributed by atoms with Gasteiger partial charge in [0.2, 0.25) is 5.13 Å². The zero-order valence-corrected chi connectivity index (χ0v) is 13.7. The molecule has 0 aromatic carbocycles. The highest BCUT2D eigenvalue weighted by molar-refractivity contribution is 9.09. The van der Waals surface area contributed by atoms with Gasteiger partial charge in [0.25, 0.3) is 0 Å². The minimum Gasteiger partial charge on any atom is -0.371 e. The SMILES string of the molecule is CC1CN(c2nc(C(C)(C)C)ns2)CC(CBr)O1. The Labute approximate surface area is 121 Å². The maximum atomic E-state index is 5.83. The van der Waals surface area contributed by atoms with Crippen LogP contribution in [-0.4, -0.2) is 40.0 Å². The lowest BCUT2D eigenvalue weighted by Crippen LogP contribution is -2.47. The summed E-state index contributed by atoms with van der Waals surface area (Å²) in [6.45, 7) is 10.3. The van der Waals surface area contributed by atoms with Gasteiger partial charge in [-0.05, 0) is 6.92 Å². The predicted molar refractivity (Wildman–Crippen MR) is 79.0 cm³/mol. The van der Waals surface area contributed by atoms with E-state index in [1.165, 1.54) is 11.5 Å². The number of halogens is 1. The summed E-state index contributed by atoms with van der Waals surface area (Å²) in [6.07, 6.45) is 0.471. The minimum atomic E-state index is 0.0154. The normalized spacial score (nSPS) is 25.5. The lowest BCUT2D eigenvalue weighted by Gasteiger charge is -2.35. The first-order valence-electron chi connectivity index (χ1n) is 6.20. The van der Waals surface area contributed by atoms with Crippen molar-refractivity contribution in [3.05, 3.63) is 5.82 Å². The highest BCUT2D eigenvalue weighted by atomic mass is 79.9. The number of hydrogen-bond donors (Lipinski definition) is 0. The zero-order valence-electron chi connectivity index (χ0n) is 11.3. The Bertz CT molecular complexity index is 404. The van der Waals surface area contributed by atoms with Gasteiger partial charge in [-0.25, -0.2) is 4.98 Å². The molecule has 1 aromatic heterocycles.